The lowest BCUT2D eigenvalue weighted by Gasteiger charge is -2.23. The number of benzene rings is 1. The molecule has 0 aromatic heterocycles. The van der Waals surface area contributed by atoms with E-state index in [1.54, 1.807) is 18.0 Å². The summed E-state index contributed by atoms with van der Waals surface area (Å²) in [6.07, 6.45) is -3.50. The molecule has 0 bridgehead atoms. The molecule has 0 radical (unpaired) electrons. The lowest BCUT2D eigenvalue weighted by molar-refractivity contribution is -0.137. The van der Waals surface area contributed by atoms with E-state index in [1.165, 1.54) is 12.1 Å². The molecule has 0 aliphatic heterocycles. The minimum Gasteiger partial charge on any atom is -0.374 e. The van der Waals surface area contributed by atoms with E-state index in [2.05, 4.69) is 15.9 Å². The Balaban J connectivity index is 3.20. The van der Waals surface area contributed by atoms with E-state index in [0.717, 1.165) is 6.42 Å². The third kappa shape index (κ3) is 3.63. The van der Waals surface area contributed by atoms with Gasteiger partial charge < -0.3 is 4.90 Å². The summed E-state index contributed by atoms with van der Waals surface area (Å²) in [4.78, 5) is 1.64. The number of halogens is 4. The Kier molecular flexibility index (Phi) is 4.86. The van der Waals surface area contributed by atoms with Gasteiger partial charge in [-0.3, -0.25) is 0 Å². The van der Waals surface area contributed by atoms with Gasteiger partial charge in [0, 0.05) is 24.6 Å². The third-order valence-electron chi connectivity index (χ3n) is 2.49. The molecule has 17 heavy (non-hydrogen) atoms. The Hall–Kier alpha value is -0.710. The van der Waals surface area contributed by atoms with E-state index in [4.69, 9.17) is 0 Å². The number of nitrogens with zero attached hydrogens (tertiary/aromatic N) is 1. The van der Waals surface area contributed by atoms with E-state index in [1.807, 2.05) is 6.92 Å². The molecule has 96 valence electrons. The minimum atomic E-state index is -4.31. The normalized spacial score (nSPS) is 11.6. The smallest absolute Gasteiger partial charge is 0.374 e. The highest BCUT2D eigenvalue weighted by molar-refractivity contribution is 9.08. The molecule has 0 unspecified atom stereocenters. The topological polar surface area (TPSA) is 3.24 Å². The highest BCUT2D eigenvalue weighted by atomic mass is 79.9. The van der Waals surface area contributed by atoms with E-state index in [0.29, 0.717) is 17.4 Å². The quantitative estimate of drug-likeness (QED) is 0.743. The van der Waals surface area contributed by atoms with Crippen LogP contribution in [0.4, 0.5) is 18.9 Å². The van der Waals surface area contributed by atoms with Crippen LogP contribution in [-0.4, -0.2) is 13.6 Å². The zero-order chi connectivity index (χ0) is 13.1. The van der Waals surface area contributed by atoms with Crippen molar-refractivity contribution in [3.63, 3.8) is 0 Å². The fraction of sp³-hybridized carbons (Fsp3) is 0.500. The standard InChI is InChI=1S/C12H15BrF3N/c1-3-6-17(2)11-5-4-9(8-13)7-10(11)12(14,15)16/h4-5,7H,3,6,8H2,1-2H3. The van der Waals surface area contributed by atoms with Gasteiger partial charge in [-0.15, -0.1) is 0 Å². The summed E-state index contributed by atoms with van der Waals surface area (Å²) >= 11 is 3.17. The van der Waals surface area contributed by atoms with Gasteiger partial charge in [0.05, 0.1) is 5.56 Å². The first-order valence-electron chi connectivity index (χ1n) is 5.37. The van der Waals surface area contributed by atoms with E-state index in [9.17, 15) is 13.2 Å². The summed E-state index contributed by atoms with van der Waals surface area (Å²) in [5.74, 6) is 0. The molecule has 1 nitrogen and oxygen atoms in total. The molecule has 1 rings (SSSR count). The summed E-state index contributed by atoms with van der Waals surface area (Å²) < 4.78 is 38.8. The van der Waals surface area contributed by atoms with Gasteiger partial charge in [-0.05, 0) is 24.1 Å². The van der Waals surface area contributed by atoms with Crippen molar-refractivity contribution in [1.29, 1.82) is 0 Å². The Morgan fingerprint density at radius 1 is 1.29 bits per heavy atom. The maximum Gasteiger partial charge on any atom is 0.418 e. The molecule has 0 heterocycles. The second-order valence-corrected chi connectivity index (χ2v) is 4.47. The van der Waals surface area contributed by atoms with Crippen LogP contribution in [-0.2, 0) is 11.5 Å². The molecule has 0 N–H and O–H groups in total. The molecule has 0 aliphatic rings. The first-order chi connectivity index (χ1) is 7.90. The van der Waals surface area contributed by atoms with Crippen LogP contribution < -0.4 is 4.90 Å². The van der Waals surface area contributed by atoms with Gasteiger partial charge in [-0.1, -0.05) is 28.9 Å². The van der Waals surface area contributed by atoms with Crippen LogP contribution in [0.15, 0.2) is 18.2 Å². The zero-order valence-electron chi connectivity index (χ0n) is 9.81. The predicted octanol–water partition coefficient (Wildman–Crippen LogP) is 4.45. The Labute approximate surface area is 108 Å². The maximum absolute atomic E-state index is 12.9. The molecule has 0 spiro atoms. The van der Waals surface area contributed by atoms with Crippen LogP contribution in [0, 0.1) is 0 Å². The number of hydrogen-bond acceptors (Lipinski definition) is 1. The molecule has 0 saturated carbocycles. The summed E-state index contributed by atoms with van der Waals surface area (Å²) in [6, 6.07) is 4.46. The van der Waals surface area contributed by atoms with Crippen molar-refractivity contribution in [2.24, 2.45) is 0 Å². The first-order valence-corrected chi connectivity index (χ1v) is 6.49. The molecule has 0 saturated heterocycles. The monoisotopic (exact) mass is 309 g/mol. The maximum atomic E-state index is 12.9. The summed E-state index contributed by atoms with van der Waals surface area (Å²) in [5.41, 5.74) is 0.306. The molecular weight excluding hydrogens is 295 g/mol. The van der Waals surface area contributed by atoms with Gasteiger partial charge in [0.2, 0.25) is 0 Å². The average molecular weight is 310 g/mol. The van der Waals surface area contributed by atoms with Gasteiger partial charge in [0.1, 0.15) is 0 Å². The van der Waals surface area contributed by atoms with Crippen LogP contribution in [0.1, 0.15) is 24.5 Å². The highest BCUT2D eigenvalue weighted by Gasteiger charge is 2.34. The third-order valence-corrected chi connectivity index (χ3v) is 3.14. The molecule has 0 fully saturated rings. The Bertz CT molecular complexity index is 377. The minimum absolute atomic E-state index is 0.240. The van der Waals surface area contributed by atoms with Crippen molar-refractivity contribution in [2.75, 3.05) is 18.5 Å². The lowest BCUT2D eigenvalue weighted by atomic mass is 10.1. The van der Waals surface area contributed by atoms with Gasteiger partial charge in [0.25, 0.3) is 0 Å². The second-order valence-electron chi connectivity index (χ2n) is 3.90. The van der Waals surface area contributed by atoms with Crippen LogP contribution in [0.5, 0.6) is 0 Å². The van der Waals surface area contributed by atoms with E-state index < -0.39 is 11.7 Å². The van der Waals surface area contributed by atoms with Gasteiger partial charge in [-0.25, -0.2) is 0 Å². The van der Waals surface area contributed by atoms with Crippen molar-refractivity contribution in [2.45, 2.75) is 24.9 Å². The molecule has 0 aliphatic carbocycles. The van der Waals surface area contributed by atoms with Crippen molar-refractivity contribution in [1.82, 2.24) is 0 Å². The van der Waals surface area contributed by atoms with Crippen LogP contribution in [0.25, 0.3) is 0 Å². The number of rotatable bonds is 4. The highest BCUT2D eigenvalue weighted by Crippen LogP contribution is 2.37. The van der Waals surface area contributed by atoms with Crippen molar-refractivity contribution in [3.05, 3.63) is 29.3 Å². The molecule has 1 aromatic carbocycles. The van der Waals surface area contributed by atoms with Crippen molar-refractivity contribution in [3.8, 4) is 0 Å². The fourth-order valence-corrected chi connectivity index (χ4v) is 2.03. The molecule has 0 amide bonds. The summed E-state index contributed by atoms with van der Waals surface area (Å²) in [7, 11) is 1.68. The van der Waals surface area contributed by atoms with Crippen LogP contribution in [0.2, 0.25) is 0 Å². The predicted molar refractivity (Wildman–Crippen MR) is 67.6 cm³/mol. The van der Waals surface area contributed by atoms with Crippen LogP contribution in [0.3, 0.4) is 0 Å². The largest absolute Gasteiger partial charge is 0.418 e. The number of anilines is 1. The van der Waals surface area contributed by atoms with Gasteiger partial charge in [0.15, 0.2) is 0 Å². The van der Waals surface area contributed by atoms with E-state index >= 15 is 0 Å². The number of alkyl halides is 4. The Morgan fingerprint density at radius 2 is 1.94 bits per heavy atom. The SMILES string of the molecule is CCCN(C)c1ccc(CBr)cc1C(F)(F)F. The molecular formula is C12H15BrF3N. The van der Waals surface area contributed by atoms with Gasteiger partial charge >= 0.3 is 6.18 Å². The second kappa shape index (κ2) is 5.76. The van der Waals surface area contributed by atoms with Gasteiger partial charge in [-0.2, -0.15) is 13.2 Å². The zero-order valence-corrected chi connectivity index (χ0v) is 11.4. The summed E-state index contributed by atoms with van der Waals surface area (Å²) in [5, 5.41) is 0.424. The Morgan fingerprint density at radius 3 is 2.41 bits per heavy atom. The number of hydrogen-bond donors (Lipinski definition) is 0. The molecule has 1 aromatic rings. The fourth-order valence-electron chi connectivity index (χ4n) is 1.68. The molecule has 5 heteroatoms. The van der Waals surface area contributed by atoms with E-state index in [-0.39, 0.29) is 5.69 Å². The average Bonchev–Trinajstić information content (AvgIpc) is 2.27. The van der Waals surface area contributed by atoms with Crippen molar-refractivity contribution >= 4 is 21.6 Å². The summed E-state index contributed by atoms with van der Waals surface area (Å²) in [6.45, 7) is 2.55. The molecule has 0 atom stereocenters. The first kappa shape index (κ1) is 14.4. The lowest BCUT2D eigenvalue weighted by Crippen LogP contribution is -2.22. The van der Waals surface area contributed by atoms with Crippen molar-refractivity contribution < 1.29 is 13.2 Å². The van der Waals surface area contributed by atoms with Crippen LogP contribution >= 0.6 is 15.9 Å².